The number of amides is 1. The Bertz CT molecular complexity index is 543. The summed E-state index contributed by atoms with van der Waals surface area (Å²) in [5, 5.41) is 9.17. The summed E-state index contributed by atoms with van der Waals surface area (Å²) in [6, 6.07) is 9.67. The number of carbonyl (C=O) groups is 1. The maximum Gasteiger partial charge on any atom is 0.410 e. The van der Waals surface area contributed by atoms with Gasteiger partial charge in [0.05, 0.1) is 11.6 Å². The van der Waals surface area contributed by atoms with Gasteiger partial charge in [-0.2, -0.15) is 5.26 Å². The standard InChI is InChI=1S/C16H20N2O2S/c1-16(2,3)20-15(19)18-9-8-14(11-18)21-13-6-4-12(10-17)5-7-13/h4-7,14H,8-9,11H2,1-3H3/t14-/m0/s1. The molecule has 0 radical (unpaired) electrons. The number of benzene rings is 1. The monoisotopic (exact) mass is 304 g/mol. The Balaban J connectivity index is 1.87. The number of nitrogens with zero attached hydrogens (tertiary/aromatic N) is 2. The van der Waals surface area contributed by atoms with Gasteiger partial charge in [0.15, 0.2) is 0 Å². The molecule has 1 heterocycles. The highest BCUT2D eigenvalue weighted by atomic mass is 32.2. The van der Waals surface area contributed by atoms with Gasteiger partial charge in [0.1, 0.15) is 5.60 Å². The Labute approximate surface area is 130 Å². The van der Waals surface area contributed by atoms with E-state index in [0.717, 1.165) is 17.9 Å². The van der Waals surface area contributed by atoms with Crippen molar-refractivity contribution in [1.29, 1.82) is 5.26 Å². The minimum atomic E-state index is -0.449. The fourth-order valence-corrected chi connectivity index (χ4v) is 3.27. The number of carbonyl (C=O) groups excluding carboxylic acids is 1. The maximum absolute atomic E-state index is 12.0. The lowest BCUT2D eigenvalue weighted by atomic mass is 10.2. The van der Waals surface area contributed by atoms with Crippen molar-refractivity contribution in [2.24, 2.45) is 0 Å². The maximum atomic E-state index is 12.0. The average molecular weight is 304 g/mol. The average Bonchev–Trinajstić information content (AvgIpc) is 2.86. The quantitative estimate of drug-likeness (QED) is 0.836. The van der Waals surface area contributed by atoms with E-state index in [-0.39, 0.29) is 6.09 Å². The number of thioether (sulfide) groups is 1. The van der Waals surface area contributed by atoms with Gasteiger partial charge in [-0.1, -0.05) is 0 Å². The molecule has 112 valence electrons. The van der Waals surface area contributed by atoms with Crippen LogP contribution in [0.3, 0.4) is 0 Å². The topological polar surface area (TPSA) is 53.3 Å². The third-order valence-corrected chi connectivity index (χ3v) is 4.35. The second kappa shape index (κ2) is 6.40. The summed E-state index contributed by atoms with van der Waals surface area (Å²) in [4.78, 5) is 14.9. The molecule has 0 aromatic heterocycles. The van der Waals surface area contributed by atoms with Gasteiger partial charge in [-0.15, -0.1) is 11.8 Å². The fourth-order valence-electron chi connectivity index (χ4n) is 2.12. The van der Waals surface area contributed by atoms with Gasteiger partial charge in [-0.3, -0.25) is 0 Å². The van der Waals surface area contributed by atoms with Gasteiger partial charge < -0.3 is 9.64 Å². The molecule has 1 aromatic carbocycles. The van der Waals surface area contributed by atoms with E-state index in [0.29, 0.717) is 17.4 Å². The van der Waals surface area contributed by atoms with E-state index in [1.165, 1.54) is 0 Å². The first-order valence-electron chi connectivity index (χ1n) is 7.02. The zero-order chi connectivity index (χ0) is 15.5. The highest BCUT2D eigenvalue weighted by Crippen LogP contribution is 2.30. The molecule has 2 rings (SSSR count). The van der Waals surface area contributed by atoms with Crippen LogP contribution in [-0.4, -0.2) is 34.9 Å². The molecular formula is C16H20N2O2S. The van der Waals surface area contributed by atoms with Crippen molar-refractivity contribution < 1.29 is 9.53 Å². The molecule has 0 bridgehead atoms. The molecule has 0 unspecified atom stereocenters. The second-order valence-electron chi connectivity index (χ2n) is 6.09. The number of hydrogen-bond donors (Lipinski definition) is 0. The van der Waals surface area contributed by atoms with Crippen molar-refractivity contribution in [2.45, 2.75) is 42.9 Å². The Kier molecular flexibility index (Phi) is 4.79. The van der Waals surface area contributed by atoms with E-state index in [4.69, 9.17) is 10.00 Å². The lowest BCUT2D eigenvalue weighted by Crippen LogP contribution is -2.35. The van der Waals surface area contributed by atoms with Gasteiger partial charge in [-0.25, -0.2) is 4.79 Å². The molecule has 1 atom stereocenters. The van der Waals surface area contributed by atoms with Crippen LogP contribution in [0.1, 0.15) is 32.8 Å². The summed E-state index contributed by atoms with van der Waals surface area (Å²) < 4.78 is 5.39. The minimum Gasteiger partial charge on any atom is -0.444 e. The summed E-state index contributed by atoms with van der Waals surface area (Å²) in [5.74, 6) is 0. The molecule has 0 aliphatic carbocycles. The van der Waals surface area contributed by atoms with Crippen molar-refractivity contribution in [3.05, 3.63) is 29.8 Å². The Morgan fingerprint density at radius 3 is 2.62 bits per heavy atom. The first kappa shape index (κ1) is 15.7. The van der Waals surface area contributed by atoms with E-state index < -0.39 is 5.60 Å². The smallest absolute Gasteiger partial charge is 0.410 e. The van der Waals surface area contributed by atoms with Gasteiger partial charge in [0.2, 0.25) is 0 Å². The molecule has 4 nitrogen and oxygen atoms in total. The number of rotatable bonds is 2. The SMILES string of the molecule is CC(C)(C)OC(=O)N1CC[C@H](Sc2ccc(C#N)cc2)C1. The van der Waals surface area contributed by atoms with Gasteiger partial charge in [-0.05, 0) is 51.5 Å². The minimum absolute atomic E-state index is 0.231. The molecular weight excluding hydrogens is 284 g/mol. The molecule has 1 fully saturated rings. The molecule has 0 spiro atoms. The van der Waals surface area contributed by atoms with Crippen LogP contribution in [0.2, 0.25) is 0 Å². The van der Waals surface area contributed by atoms with Crippen molar-refractivity contribution in [3.63, 3.8) is 0 Å². The summed E-state index contributed by atoms with van der Waals surface area (Å²) in [7, 11) is 0. The third-order valence-electron chi connectivity index (χ3n) is 3.08. The number of hydrogen-bond acceptors (Lipinski definition) is 4. The zero-order valence-electron chi connectivity index (χ0n) is 12.6. The van der Waals surface area contributed by atoms with Crippen molar-refractivity contribution in [1.82, 2.24) is 4.90 Å². The summed E-state index contributed by atoms with van der Waals surface area (Å²) in [5.41, 5.74) is 0.219. The number of likely N-dealkylation sites (tertiary alicyclic amines) is 1. The van der Waals surface area contributed by atoms with Crippen LogP contribution in [-0.2, 0) is 4.74 Å². The fraction of sp³-hybridized carbons (Fsp3) is 0.500. The summed E-state index contributed by atoms with van der Waals surface area (Å²) >= 11 is 1.75. The zero-order valence-corrected chi connectivity index (χ0v) is 13.4. The molecule has 0 saturated carbocycles. The lowest BCUT2D eigenvalue weighted by Gasteiger charge is -2.24. The van der Waals surface area contributed by atoms with Gasteiger partial charge in [0, 0.05) is 23.2 Å². The Morgan fingerprint density at radius 1 is 1.38 bits per heavy atom. The predicted octanol–water partition coefficient (Wildman–Crippen LogP) is 3.66. The van der Waals surface area contributed by atoms with Crippen LogP contribution in [0.25, 0.3) is 0 Å². The first-order chi connectivity index (χ1) is 9.87. The second-order valence-corrected chi connectivity index (χ2v) is 7.46. The van der Waals surface area contributed by atoms with Crippen LogP contribution in [0.4, 0.5) is 4.79 Å². The summed E-state index contributed by atoms with van der Waals surface area (Å²) in [6.45, 7) is 7.08. The van der Waals surface area contributed by atoms with Crippen LogP contribution in [0.15, 0.2) is 29.2 Å². The van der Waals surface area contributed by atoms with E-state index in [1.54, 1.807) is 16.7 Å². The van der Waals surface area contributed by atoms with Crippen LogP contribution >= 0.6 is 11.8 Å². The Hall–Kier alpha value is -1.67. The van der Waals surface area contributed by atoms with Gasteiger partial charge in [0.25, 0.3) is 0 Å². The first-order valence-corrected chi connectivity index (χ1v) is 7.90. The van der Waals surface area contributed by atoms with E-state index in [1.807, 2.05) is 45.0 Å². The number of nitriles is 1. The molecule has 1 amide bonds. The van der Waals surface area contributed by atoms with Crippen LogP contribution in [0.5, 0.6) is 0 Å². The van der Waals surface area contributed by atoms with E-state index in [9.17, 15) is 4.79 Å². The molecule has 1 aromatic rings. The predicted molar refractivity (Wildman–Crippen MR) is 83.2 cm³/mol. The molecule has 0 N–H and O–H groups in total. The highest BCUT2D eigenvalue weighted by molar-refractivity contribution is 8.00. The van der Waals surface area contributed by atoms with Gasteiger partial charge >= 0.3 is 6.09 Å². The third kappa shape index (κ3) is 4.68. The molecule has 5 heteroatoms. The molecule has 1 saturated heterocycles. The molecule has 1 aliphatic heterocycles. The highest BCUT2D eigenvalue weighted by Gasteiger charge is 2.30. The largest absolute Gasteiger partial charge is 0.444 e. The van der Waals surface area contributed by atoms with E-state index >= 15 is 0 Å². The normalized spacial score (nSPS) is 18.4. The molecule has 21 heavy (non-hydrogen) atoms. The Morgan fingerprint density at radius 2 is 2.05 bits per heavy atom. The van der Waals surface area contributed by atoms with Crippen LogP contribution in [0, 0.1) is 11.3 Å². The van der Waals surface area contributed by atoms with Crippen molar-refractivity contribution in [3.8, 4) is 6.07 Å². The van der Waals surface area contributed by atoms with E-state index in [2.05, 4.69) is 6.07 Å². The lowest BCUT2D eigenvalue weighted by molar-refractivity contribution is 0.0295. The van der Waals surface area contributed by atoms with Crippen molar-refractivity contribution in [2.75, 3.05) is 13.1 Å². The molecule has 1 aliphatic rings. The van der Waals surface area contributed by atoms with Crippen molar-refractivity contribution >= 4 is 17.9 Å². The van der Waals surface area contributed by atoms with Crippen LogP contribution < -0.4 is 0 Å². The summed E-state index contributed by atoms with van der Waals surface area (Å²) in [6.07, 6.45) is 0.731. The number of ether oxygens (including phenoxy) is 1.